The second-order valence-corrected chi connectivity index (χ2v) is 6.66. The van der Waals surface area contributed by atoms with Gasteiger partial charge < -0.3 is 14.9 Å². The molecule has 1 aliphatic heterocycles. The lowest BCUT2D eigenvalue weighted by Gasteiger charge is -2.26. The summed E-state index contributed by atoms with van der Waals surface area (Å²) in [5, 5.41) is 17.1. The molecule has 0 spiro atoms. The Morgan fingerprint density at radius 1 is 1.10 bits per heavy atom. The minimum atomic E-state index is -0.678. The summed E-state index contributed by atoms with van der Waals surface area (Å²) >= 11 is 0. The third-order valence-corrected chi connectivity index (χ3v) is 5.05. The van der Waals surface area contributed by atoms with E-state index in [0.29, 0.717) is 16.7 Å². The molecule has 3 heterocycles. The maximum Gasteiger partial charge on any atom is 0.344 e. The Labute approximate surface area is 164 Å². The van der Waals surface area contributed by atoms with Gasteiger partial charge in [0.2, 0.25) is 5.88 Å². The van der Waals surface area contributed by atoms with Gasteiger partial charge in [-0.25, -0.2) is 4.79 Å². The monoisotopic (exact) mass is 382 g/mol. The maximum atomic E-state index is 12.9. The highest BCUT2D eigenvalue weighted by atomic mass is 16.5. The molecule has 3 N–H and O–H groups in total. The van der Waals surface area contributed by atoms with Gasteiger partial charge in [0, 0.05) is 11.8 Å². The molecular formula is C22H14N4O3. The minimum Gasteiger partial charge on any atom is -0.439 e. The van der Waals surface area contributed by atoms with Crippen LogP contribution < -0.4 is 16.1 Å². The average molecular weight is 382 g/mol. The first-order chi connectivity index (χ1) is 14.2. The predicted molar refractivity (Wildman–Crippen MR) is 106 cm³/mol. The first-order valence-electron chi connectivity index (χ1n) is 8.90. The Hall–Kier alpha value is -4.31. The van der Waals surface area contributed by atoms with Crippen LogP contribution in [0.15, 0.2) is 81.6 Å². The van der Waals surface area contributed by atoms with E-state index in [1.807, 2.05) is 30.3 Å². The quantitative estimate of drug-likeness (QED) is 0.513. The molecule has 0 amide bonds. The fraction of sp³-hybridized carbons (Fsp3) is 0.0455. The van der Waals surface area contributed by atoms with Crippen LogP contribution in [0.2, 0.25) is 0 Å². The van der Waals surface area contributed by atoms with Gasteiger partial charge in [-0.15, -0.1) is 0 Å². The lowest BCUT2D eigenvalue weighted by Crippen LogP contribution is -2.26. The molecule has 7 nitrogen and oxygen atoms in total. The topological polar surface area (TPSA) is 118 Å². The van der Waals surface area contributed by atoms with Crippen molar-refractivity contribution in [3.05, 3.63) is 93.9 Å². The summed E-state index contributed by atoms with van der Waals surface area (Å²) in [5.74, 6) is -0.361. The number of rotatable bonds is 2. The average Bonchev–Trinajstić information content (AvgIpc) is 3.28. The van der Waals surface area contributed by atoms with Gasteiger partial charge in [0.1, 0.15) is 17.2 Å². The van der Waals surface area contributed by atoms with E-state index < -0.39 is 11.5 Å². The molecule has 1 unspecified atom stereocenters. The highest BCUT2D eigenvalue weighted by molar-refractivity contribution is 5.86. The molecule has 1 aliphatic rings. The number of nitrogens with zero attached hydrogens (tertiary/aromatic N) is 2. The highest BCUT2D eigenvalue weighted by Crippen LogP contribution is 2.43. The molecule has 0 radical (unpaired) electrons. The molecule has 0 aliphatic carbocycles. The third-order valence-electron chi connectivity index (χ3n) is 5.05. The van der Waals surface area contributed by atoms with Gasteiger partial charge in [0.25, 0.3) is 0 Å². The largest absolute Gasteiger partial charge is 0.439 e. The van der Waals surface area contributed by atoms with Crippen LogP contribution in [0, 0.1) is 11.3 Å². The fourth-order valence-electron chi connectivity index (χ4n) is 3.68. The van der Waals surface area contributed by atoms with E-state index in [2.05, 4.69) is 16.3 Å². The van der Waals surface area contributed by atoms with Gasteiger partial charge in [-0.1, -0.05) is 36.4 Å². The Morgan fingerprint density at radius 2 is 1.90 bits per heavy atom. The van der Waals surface area contributed by atoms with E-state index in [-0.39, 0.29) is 17.0 Å². The van der Waals surface area contributed by atoms with Crippen LogP contribution in [0.5, 0.6) is 5.75 Å². The molecule has 0 bridgehead atoms. The van der Waals surface area contributed by atoms with E-state index in [0.717, 1.165) is 16.7 Å². The molecule has 7 heteroatoms. The normalized spacial score (nSPS) is 15.6. The van der Waals surface area contributed by atoms with E-state index in [4.69, 9.17) is 14.9 Å². The van der Waals surface area contributed by atoms with E-state index in [1.165, 1.54) is 0 Å². The Kier molecular flexibility index (Phi) is 3.71. The zero-order chi connectivity index (χ0) is 20.0. The summed E-state index contributed by atoms with van der Waals surface area (Å²) in [6.45, 7) is 0. The van der Waals surface area contributed by atoms with Gasteiger partial charge in [-0.3, -0.25) is 5.10 Å². The van der Waals surface area contributed by atoms with Crippen LogP contribution in [-0.4, -0.2) is 10.2 Å². The number of H-pyrrole nitrogens is 1. The van der Waals surface area contributed by atoms with Gasteiger partial charge in [-0.2, -0.15) is 10.4 Å². The number of aromatic nitrogens is 2. The number of fused-ring (bicyclic) bond motifs is 3. The van der Waals surface area contributed by atoms with Crippen molar-refractivity contribution >= 4 is 11.0 Å². The predicted octanol–water partition coefficient (Wildman–Crippen LogP) is 3.40. The number of aromatic amines is 1. The SMILES string of the molecule is N#CC1=C(N)Oc2c(c(=O)oc3ccccc23)C1c1ccc(-c2cn[nH]c2)cc1. The number of allylic oxidation sites excluding steroid dienone is 1. The van der Waals surface area contributed by atoms with Crippen molar-refractivity contribution in [2.75, 3.05) is 0 Å². The second kappa shape index (κ2) is 6.39. The number of nitrogens with two attached hydrogens (primary N) is 1. The summed E-state index contributed by atoms with van der Waals surface area (Å²) in [7, 11) is 0. The zero-order valence-corrected chi connectivity index (χ0v) is 15.0. The van der Waals surface area contributed by atoms with E-state index >= 15 is 0 Å². The van der Waals surface area contributed by atoms with Gasteiger partial charge in [0.05, 0.1) is 23.1 Å². The van der Waals surface area contributed by atoms with E-state index in [9.17, 15) is 10.1 Å². The van der Waals surface area contributed by atoms with Crippen molar-refractivity contribution in [3.8, 4) is 22.9 Å². The molecule has 0 fully saturated rings. The van der Waals surface area contributed by atoms with Gasteiger partial charge in [-0.05, 0) is 23.3 Å². The Bertz CT molecular complexity index is 1360. The third kappa shape index (κ3) is 2.58. The number of hydrogen-bond acceptors (Lipinski definition) is 6. The van der Waals surface area contributed by atoms with Crippen LogP contribution in [0.25, 0.3) is 22.1 Å². The molecule has 2 aromatic heterocycles. The molecule has 2 aromatic carbocycles. The number of benzene rings is 2. The number of para-hydroxylation sites is 1. The molecular weight excluding hydrogens is 368 g/mol. The van der Waals surface area contributed by atoms with Crippen molar-refractivity contribution in [2.45, 2.75) is 5.92 Å². The van der Waals surface area contributed by atoms with Crippen LogP contribution in [0.1, 0.15) is 17.0 Å². The van der Waals surface area contributed by atoms with Gasteiger partial charge >= 0.3 is 5.63 Å². The summed E-state index contributed by atoms with van der Waals surface area (Å²) < 4.78 is 11.2. The molecule has 0 saturated carbocycles. The van der Waals surface area contributed by atoms with Crippen molar-refractivity contribution in [2.24, 2.45) is 5.73 Å². The standard InChI is InChI=1S/C22H14N4O3/c23-9-16-18(13-7-5-12(6-8-13)14-10-25-26-11-14)19-20(29-21(16)24)15-3-1-2-4-17(15)28-22(19)27/h1-8,10-11,18H,24H2,(H,25,26). The van der Waals surface area contributed by atoms with Crippen molar-refractivity contribution in [1.29, 1.82) is 5.26 Å². The molecule has 4 aromatic rings. The summed E-state index contributed by atoms with van der Waals surface area (Å²) in [6.07, 6.45) is 3.51. The number of nitriles is 1. The van der Waals surface area contributed by atoms with E-state index in [1.54, 1.807) is 30.6 Å². The summed E-state index contributed by atoms with van der Waals surface area (Å²) in [6, 6.07) is 16.7. The summed E-state index contributed by atoms with van der Waals surface area (Å²) in [4.78, 5) is 12.9. The number of ether oxygens (including phenoxy) is 1. The molecule has 140 valence electrons. The number of hydrogen-bond donors (Lipinski definition) is 2. The molecule has 1 atom stereocenters. The van der Waals surface area contributed by atoms with Crippen LogP contribution in [0.4, 0.5) is 0 Å². The zero-order valence-electron chi connectivity index (χ0n) is 15.0. The minimum absolute atomic E-state index is 0.0142. The van der Waals surface area contributed by atoms with Crippen molar-refractivity contribution in [3.63, 3.8) is 0 Å². The van der Waals surface area contributed by atoms with Gasteiger partial charge in [0.15, 0.2) is 5.75 Å². The summed E-state index contributed by atoms with van der Waals surface area (Å²) in [5.41, 5.74) is 8.99. The maximum absolute atomic E-state index is 12.9. The molecule has 0 saturated heterocycles. The van der Waals surface area contributed by atoms with Crippen molar-refractivity contribution < 1.29 is 9.15 Å². The molecule has 29 heavy (non-hydrogen) atoms. The number of nitrogens with one attached hydrogen (secondary N) is 1. The first-order valence-corrected chi connectivity index (χ1v) is 8.90. The molecule has 5 rings (SSSR count). The first kappa shape index (κ1) is 16.8. The second-order valence-electron chi connectivity index (χ2n) is 6.66. The highest BCUT2D eigenvalue weighted by Gasteiger charge is 2.35. The Morgan fingerprint density at radius 3 is 2.62 bits per heavy atom. The van der Waals surface area contributed by atoms with Crippen molar-refractivity contribution in [1.82, 2.24) is 10.2 Å². The smallest absolute Gasteiger partial charge is 0.344 e. The Balaban J connectivity index is 1.73. The lowest BCUT2D eigenvalue weighted by molar-refractivity contribution is 0.388. The van der Waals surface area contributed by atoms with Crippen LogP contribution in [-0.2, 0) is 0 Å². The van der Waals surface area contributed by atoms with Crippen LogP contribution in [0.3, 0.4) is 0 Å². The fourth-order valence-corrected chi connectivity index (χ4v) is 3.68. The lowest BCUT2D eigenvalue weighted by atomic mass is 9.83. The van der Waals surface area contributed by atoms with Crippen LogP contribution >= 0.6 is 0 Å².